The molecule has 0 spiro atoms. The van der Waals surface area contributed by atoms with Gasteiger partial charge in [0.1, 0.15) is 24.4 Å². The molecule has 7 unspecified atom stereocenters. The number of aliphatic hydroxyl groups is 5. The van der Waals surface area contributed by atoms with Crippen molar-refractivity contribution >= 4 is 5.91 Å². The van der Waals surface area contributed by atoms with Crippen LogP contribution < -0.4 is 5.32 Å². The number of hydrogen-bond acceptors (Lipinski definition) is 8. The van der Waals surface area contributed by atoms with E-state index >= 15 is 0 Å². The van der Waals surface area contributed by atoms with Crippen molar-refractivity contribution in [2.45, 2.75) is 301 Å². The minimum Gasteiger partial charge on any atom is -0.394 e. The van der Waals surface area contributed by atoms with Crippen molar-refractivity contribution in [3.8, 4) is 0 Å². The lowest BCUT2D eigenvalue weighted by molar-refractivity contribution is -0.302. The van der Waals surface area contributed by atoms with Crippen LogP contribution in [0.5, 0.6) is 0 Å². The zero-order chi connectivity index (χ0) is 48.7. The molecule has 1 saturated heterocycles. The van der Waals surface area contributed by atoms with E-state index in [1.54, 1.807) is 6.08 Å². The van der Waals surface area contributed by atoms with Gasteiger partial charge in [-0.05, 0) is 57.8 Å². The quantitative estimate of drug-likeness (QED) is 0.0261. The number of carbonyl (C=O) groups excluding carboxylic acids is 1. The highest BCUT2D eigenvalue weighted by Crippen LogP contribution is 2.23. The molecule has 1 aliphatic rings. The van der Waals surface area contributed by atoms with Crippen LogP contribution in [-0.2, 0) is 14.3 Å². The number of carbonyl (C=O) groups is 1. The smallest absolute Gasteiger partial charge is 0.220 e. The van der Waals surface area contributed by atoms with Gasteiger partial charge in [0, 0.05) is 6.42 Å². The number of ether oxygens (including phenoxy) is 2. The standard InChI is InChI=1S/C58H107NO8/c1-3-5-7-9-11-13-15-17-19-21-23-24-25-26-27-28-30-31-33-35-37-39-41-43-45-47-52(61)51(50-66-58-57(65)56(64)55(63)53(49-60)67-58)59-54(62)48-46-44-42-40-38-36-34-32-29-22-20-18-16-14-12-10-8-6-4-2/h12,14,18,20,29,32,45,47,51-53,55-58,60-61,63-65H,3-11,13,15-17,19,21-28,30-31,33-44,46,48-50H2,1-2H3,(H,59,62)/b14-12-,20-18-,32-29-,47-45+. The predicted molar refractivity (Wildman–Crippen MR) is 281 cm³/mol. The van der Waals surface area contributed by atoms with Crippen LogP contribution in [0.25, 0.3) is 0 Å². The number of nitrogens with one attached hydrogen (secondary N) is 1. The van der Waals surface area contributed by atoms with Crippen molar-refractivity contribution < 1.29 is 39.8 Å². The first-order valence-corrected chi connectivity index (χ1v) is 28.4. The topological polar surface area (TPSA) is 149 Å². The number of rotatable bonds is 48. The van der Waals surface area contributed by atoms with E-state index in [4.69, 9.17) is 9.47 Å². The van der Waals surface area contributed by atoms with Gasteiger partial charge in [-0.25, -0.2) is 0 Å². The minimum atomic E-state index is -1.57. The molecule has 0 aromatic carbocycles. The van der Waals surface area contributed by atoms with Crippen LogP contribution in [0.15, 0.2) is 48.6 Å². The van der Waals surface area contributed by atoms with Gasteiger partial charge in [0.15, 0.2) is 6.29 Å². The molecule has 7 atom stereocenters. The van der Waals surface area contributed by atoms with Crippen LogP contribution in [0.3, 0.4) is 0 Å². The number of amides is 1. The SMILES string of the molecule is CCCCC/C=C\C/C=C\C/C=C\CCCCCCCCC(=O)NC(COC1OC(CO)C(O)C(O)C1O)C(O)/C=C/CCCCCCCCCCCCCCCCCCCCCCCCC. The highest BCUT2D eigenvalue weighted by molar-refractivity contribution is 5.76. The molecule has 1 aliphatic heterocycles. The average Bonchev–Trinajstić information content (AvgIpc) is 3.33. The summed E-state index contributed by atoms with van der Waals surface area (Å²) < 4.78 is 11.3. The van der Waals surface area contributed by atoms with E-state index in [0.29, 0.717) is 6.42 Å². The van der Waals surface area contributed by atoms with Gasteiger partial charge in [-0.15, -0.1) is 0 Å². The number of unbranched alkanes of at least 4 members (excludes halogenated alkanes) is 32. The monoisotopic (exact) mass is 946 g/mol. The highest BCUT2D eigenvalue weighted by Gasteiger charge is 2.44. The molecule has 67 heavy (non-hydrogen) atoms. The second kappa shape index (κ2) is 47.8. The molecule has 9 heteroatoms. The van der Waals surface area contributed by atoms with E-state index in [-0.39, 0.29) is 12.5 Å². The van der Waals surface area contributed by atoms with Crippen LogP contribution in [-0.4, -0.2) is 87.5 Å². The molecule has 1 rings (SSSR count). The van der Waals surface area contributed by atoms with E-state index in [9.17, 15) is 30.3 Å². The summed E-state index contributed by atoms with van der Waals surface area (Å²) in [7, 11) is 0. The number of allylic oxidation sites excluding steroid dienone is 7. The first-order valence-electron chi connectivity index (χ1n) is 28.4. The molecular weight excluding hydrogens is 839 g/mol. The van der Waals surface area contributed by atoms with Gasteiger partial charge in [0.05, 0.1) is 25.4 Å². The van der Waals surface area contributed by atoms with E-state index in [2.05, 4.69) is 55.6 Å². The third-order valence-corrected chi connectivity index (χ3v) is 13.4. The fourth-order valence-electron chi connectivity index (χ4n) is 8.87. The summed E-state index contributed by atoms with van der Waals surface area (Å²) in [6.07, 6.45) is 56.0. The molecule has 1 amide bonds. The van der Waals surface area contributed by atoms with E-state index < -0.39 is 49.5 Å². The molecule has 0 aromatic heterocycles. The second-order valence-corrected chi connectivity index (χ2v) is 19.7. The fourth-order valence-corrected chi connectivity index (χ4v) is 8.87. The summed E-state index contributed by atoms with van der Waals surface area (Å²) in [5.74, 6) is -0.188. The average molecular weight is 946 g/mol. The van der Waals surface area contributed by atoms with Gasteiger partial charge in [0.25, 0.3) is 0 Å². The molecule has 6 N–H and O–H groups in total. The van der Waals surface area contributed by atoms with Crippen molar-refractivity contribution in [1.29, 1.82) is 0 Å². The summed E-state index contributed by atoms with van der Waals surface area (Å²) in [4.78, 5) is 13.0. The third kappa shape index (κ3) is 37.6. The first-order chi connectivity index (χ1) is 32.8. The van der Waals surface area contributed by atoms with E-state index in [1.165, 1.54) is 173 Å². The van der Waals surface area contributed by atoms with Gasteiger partial charge in [0.2, 0.25) is 5.91 Å². The van der Waals surface area contributed by atoms with Crippen LogP contribution in [0.1, 0.15) is 258 Å². The van der Waals surface area contributed by atoms with E-state index in [0.717, 1.165) is 64.2 Å². The van der Waals surface area contributed by atoms with Gasteiger partial charge >= 0.3 is 0 Å². The van der Waals surface area contributed by atoms with Crippen LogP contribution >= 0.6 is 0 Å². The largest absolute Gasteiger partial charge is 0.394 e. The van der Waals surface area contributed by atoms with Gasteiger partial charge < -0.3 is 40.3 Å². The van der Waals surface area contributed by atoms with E-state index in [1.807, 2.05) is 6.08 Å². The van der Waals surface area contributed by atoms with Gasteiger partial charge in [-0.2, -0.15) is 0 Å². The molecule has 1 fully saturated rings. The Morgan fingerprint density at radius 1 is 0.507 bits per heavy atom. The Kier molecular flexibility index (Phi) is 45.1. The lowest BCUT2D eigenvalue weighted by Crippen LogP contribution is -2.60. The molecular formula is C58H107NO8. The molecule has 9 nitrogen and oxygen atoms in total. The zero-order valence-electron chi connectivity index (χ0n) is 43.4. The summed E-state index contributed by atoms with van der Waals surface area (Å²) in [5, 5.41) is 54.5. The number of aliphatic hydroxyl groups excluding tert-OH is 5. The fraction of sp³-hybridized carbons (Fsp3) is 0.845. The van der Waals surface area contributed by atoms with Crippen molar-refractivity contribution in [2.75, 3.05) is 13.2 Å². The number of hydrogen-bond donors (Lipinski definition) is 6. The summed E-state index contributed by atoms with van der Waals surface area (Å²) in [6.45, 7) is 3.76. The zero-order valence-corrected chi connectivity index (χ0v) is 43.4. The highest BCUT2D eigenvalue weighted by atomic mass is 16.7. The lowest BCUT2D eigenvalue weighted by Gasteiger charge is -2.40. The normalized spacial score (nSPS) is 20.0. The van der Waals surface area contributed by atoms with Crippen molar-refractivity contribution in [1.82, 2.24) is 5.32 Å². The van der Waals surface area contributed by atoms with Crippen LogP contribution in [0.4, 0.5) is 0 Å². The molecule has 0 bridgehead atoms. The summed E-state index contributed by atoms with van der Waals surface area (Å²) in [5.41, 5.74) is 0. The van der Waals surface area contributed by atoms with Gasteiger partial charge in [-0.3, -0.25) is 4.79 Å². The Hall–Kier alpha value is -1.85. The maximum absolute atomic E-state index is 13.0. The molecule has 0 radical (unpaired) electrons. The molecule has 392 valence electrons. The molecule has 0 saturated carbocycles. The Morgan fingerprint density at radius 3 is 1.33 bits per heavy atom. The minimum absolute atomic E-state index is 0.188. The summed E-state index contributed by atoms with van der Waals surface area (Å²) >= 11 is 0. The lowest BCUT2D eigenvalue weighted by atomic mass is 9.99. The second-order valence-electron chi connectivity index (χ2n) is 19.7. The first kappa shape index (κ1) is 63.2. The van der Waals surface area contributed by atoms with Crippen molar-refractivity contribution in [3.63, 3.8) is 0 Å². The maximum Gasteiger partial charge on any atom is 0.220 e. The molecule has 0 aromatic rings. The van der Waals surface area contributed by atoms with Gasteiger partial charge in [-0.1, -0.05) is 242 Å². The Balaban J connectivity index is 2.25. The summed E-state index contributed by atoms with van der Waals surface area (Å²) in [6, 6.07) is -0.814. The van der Waals surface area contributed by atoms with Crippen LogP contribution in [0, 0.1) is 0 Å². The Morgan fingerprint density at radius 2 is 0.881 bits per heavy atom. The maximum atomic E-state index is 13.0. The molecule has 1 heterocycles. The predicted octanol–water partition coefficient (Wildman–Crippen LogP) is 13.7. The third-order valence-electron chi connectivity index (χ3n) is 13.4. The van der Waals surface area contributed by atoms with Crippen molar-refractivity contribution in [2.24, 2.45) is 0 Å². The van der Waals surface area contributed by atoms with Crippen molar-refractivity contribution in [3.05, 3.63) is 48.6 Å². The van der Waals surface area contributed by atoms with Crippen LogP contribution in [0.2, 0.25) is 0 Å². The Bertz CT molecular complexity index is 1190. The molecule has 0 aliphatic carbocycles. The Labute approximate surface area is 412 Å².